The molecule has 0 aliphatic carbocycles. The summed E-state index contributed by atoms with van der Waals surface area (Å²) in [5.41, 5.74) is 0. The van der Waals surface area contributed by atoms with Crippen molar-refractivity contribution in [2.75, 3.05) is 20.2 Å². The van der Waals surface area contributed by atoms with Gasteiger partial charge in [-0.05, 0) is 22.9 Å². The molecule has 1 heterocycles. The lowest BCUT2D eigenvalue weighted by molar-refractivity contribution is -0.130. The van der Waals surface area contributed by atoms with Gasteiger partial charge in [-0.15, -0.1) is 0 Å². The van der Waals surface area contributed by atoms with Gasteiger partial charge < -0.3 is 19.9 Å². The second kappa shape index (κ2) is 15.3. The maximum absolute atomic E-state index is 11.8. The van der Waals surface area contributed by atoms with Gasteiger partial charge >= 0.3 is 6.09 Å². The Morgan fingerprint density at radius 2 is 1.91 bits per heavy atom. The number of nitrogens with one attached hydrogen (secondary N) is 2. The highest BCUT2D eigenvalue weighted by atomic mass is 79.9. The number of carbonyl (C=O) groups is 2. The molecule has 7 nitrogen and oxygen atoms in total. The number of halogens is 1. The van der Waals surface area contributed by atoms with Crippen LogP contribution in [-0.2, 0) is 16.1 Å². The lowest BCUT2D eigenvalue weighted by atomic mass is 10.4. The summed E-state index contributed by atoms with van der Waals surface area (Å²) < 4.78 is 5.15. The molecule has 0 bridgehead atoms. The fraction of sp³-hybridized carbons (Fsp3) is 0.667. The van der Waals surface area contributed by atoms with Gasteiger partial charge in [0.05, 0.1) is 19.9 Å². The summed E-state index contributed by atoms with van der Waals surface area (Å²) in [7, 11) is 1.25. The molecule has 0 atom stereocenters. The van der Waals surface area contributed by atoms with Crippen LogP contribution in [0.25, 0.3) is 0 Å². The molecule has 1 aromatic rings. The molecule has 0 radical (unpaired) electrons. The molecule has 23 heavy (non-hydrogen) atoms. The first kappa shape index (κ1) is 23.7. The Morgan fingerprint density at radius 1 is 1.35 bits per heavy atom. The SMILES string of the molecule is CC.CCC.CCN(Cc1ncc(Br)[nH]1)C(=O)CNC(=O)OC. The number of hydrogen-bond donors (Lipinski definition) is 2. The summed E-state index contributed by atoms with van der Waals surface area (Å²) in [5, 5.41) is 2.35. The van der Waals surface area contributed by atoms with Crippen molar-refractivity contribution in [1.29, 1.82) is 0 Å². The molecule has 0 saturated carbocycles. The first-order valence-electron chi connectivity index (χ1n) is 7.77. The second-order valence-corrected chi connectivity index (χ2v) is 4.99. The van der Waals surface area contributed by atoms with Crippen LogP contribution in [0.5, 0.6) is 0 Å². The largest absolute Gasteiger partial charge is 0.453 e. The van der Waals surface area contributed by atoms with Gasteiger partial charge in [0, 0.05) is 6.54 Å². The number of likely N-dealkylation sites (N-methyl/N-ethyl adjacent to an activating group) is 1. The Labute approximate surface area is 147 Å². The summed E-state index contributed by atoms with van der Waals surface area (Å²) >= 11 is 3.25. The molecule has 1 aromatic heterocycles. The Hall–Kier alpha value is -1.57. The average molecular weight is 393 g/mol. The predicted octanol–water partition coefficient (Wildman–Crippen LogP) is 3.32. The fourth-order valence-corrected chi connectivity index (χ4v) is 1.64. The summed E-state index contributed by atoms with van der Waals surface area (Å²) in [6, 6.07) is 0. The number of aromatic amines is 1. The molecule has 2 amide bonds. The van der Waals surface area contributed by atoms with E-state index in [0.717, 1.165) is 4.60 Å². The molecule has 0 spiro atoms. The number of H-pyrrole nitrogens is 1. The van der Waals surface area contributed by atoms with E-state index in [1.807, 2.05) is 20.8 Å². The van der Waals surface area contributed by atoms with E-state index >= 15 is 0 Å². The number of amides is 2. The monoisotopic (exact) mass is 392 g/mol. The normalized spacial score (nSPS) is 8.83. The van der Waals surface area contributed by atoms with E-state index in [1.54, 1.807) is 11.1 Å². The Morgan fingerprint density at radius 3 is 2.30 bits per heavy atom. The molecule has 0 unspecified atom stereocenters. The van der Waals surface area contributed by atoms with Crippen LogP contribution in [0.15, 0.2) is 10.8 Å². The van der Waals surface area contributed by atoms with Gasteiger partial charge in [0.15, 0.2) is 0 Å². The minimum atomic E-state index is -0.625. The van der Waals surface area contributed by atoms with Crippen LogP contribution >= 0.6 is 15.9 Å². The van der Waals surface area contributed by atoms with E-state index in [-0.39, 0.29) is 12.5 Å². The van der Waals surface area contributed by atoms with Crippen LogP contribution in [0.4, 0.5) is 4.79 Å². The average Bonchev–Trinajstić information content (AvgIpc) is 2.97. The minimum Gasteiger partial charge on any atom is -0.453 e. The Kier molecular flexibility index (Phi) is 15.8. The van der Waals surface area contributed by atoms with Crippen LogP contribution in [0.2, 0.25) is 0 Å². The highest BCUT2D eigenvalue weighted by molar-refractivity contribution is 9.10. The quantitative estimate of drug-likeness (QED) is 0.804. The second-order valence-electron chi connectivity index (χ2n) is 4.14. The summed E-state index contributed by atoms with van der Waals surface area (Å²) in [6.45, 7) is 10.9. The van der Waals surface area contributed by atoms with E-state index in [2.05, 4.69) is 49.8 Å². The van der Waals surface area contributed by atoms with Crippen molar-refractivity contribution in [2.24, 2.45) is 0 Å². The fourth-order valence-electron chi connectivity index (χ4n) is 1.31. The predicted molar refractivity (Wildman–Crippen MR) is 95.1 cm³/mol. The van der Waals surface area contributed by atoms with Crippen LogP contribution in [0.3, 0.4) is 0 Å². The van der Waals surface area contributed by atoms with E-state index in [9.17, 15) is 9.59 Å². The number of carbonyl (C=O) groups excluding carboxylic acids is 2. The summed E-state index contributed by atoms with van der Waals surface area (Å²) in [5.74, 6) is 0.477. The number of rotatable bonds is 5. The van der Waals surface area contributed by atoms with Crippen LogP contribution in [0.1, 0.15) is 46.9 Å². The van der Waals surface area contributed by atoms with Gasteiger partial charge in [0.25, 0.3) is 0 Å². The number of ether oxygens (including phenoxy) is 1. The van der Waals surface area contributed by atoms with E-state index in [1.165, 1.54) is 13.5 Å². The molecular formula is C15H29BrN4O3. The Balaban J connectivity index is 0. The smallest absolute Gasteiger partial charge is 0.407 e. The molecule has 0 aliphatic heterocycles. The molecule has 0 aliphatic rings. The first-order valence-corrected chi connectivity index (χ1v) is 8.56. The zero-order valence-electron chi connectivity index (χ0n) is 14.9. The zero-order valence-corrected chi connectivity index (χ0v) is 16.5. The van der Waals surface area contributed by atoms with Crippen molar-refractivity contribution >= 4 is 27.9 Å². The molecule has 134 valence electrons. The van der Waals surface area contributed by atoms with Gasteiger partial charge in [0.2, 0.25) is 5.91 Å². The number of methoxy groups -OCH3 is 1. The van der Waals surface area contributed by atoms with E-state index in [0.29, 0.717) is 18.9 Å². The first-order chi connectivity index (χ1) is 11.0. The zero-order chi connectivity index (χ0) is 18.3. The number of imidazole rings is 1. The molecule has 2 N–H and O–H groups in total. The molecule has 0 fully saturated rings. The number of alkyl carbamates (subject to hydrolysis) is 1. The molecule has 1 rings (SSSR count). The maximum Gasteiger partial charge on any atom is 0.407 e. The van der Waals surface area contributed by atoms with Crippen molar-refractivity contribution in [1.82, 2.24) is 20.2 Å². The molecule has 0 aromatic carbocycles. The third-order valence-corrected chi connectivity index (χ3v) is 2.64. The number of nitrogens with zero attached hydrogens (tertiary/aromatic N) is 2. The van der Waals surface area contributed by atoms with E-state index < -0.39 is 6.09 Å². The van der Waals surface area contributed by atoms with Crippen molar-refractivity contribution in [3.63, 3.8) is 0 Å². The number of aromatic nitrogens is 2. The molecule has 0 saturated heterocycles. The molecule has 8 heteroatoms. The number of hydrogen-bond acceptors (Lipinski definition) is 4. The van der Waals surface area contributed by atoms with Crippen molar-refractivity contribution in [2.45, 2.75) is 47.6 Å². The maximum atomic E-state index is 11.8. The minimum absolute atomic E-state index is 0.0948. The standard InChI is InChI=1S/C10H15BrN4O3.C3H8.C2H6/c1-3-15(6-8-12-4-7(11)14-8)9(16)5-13-10(17)18-2;1-3-2;1-2/h4H,3,5-6H2,1-2H3,(H,12,14)(H,13,17);3H2,1-2H3;1-2H3. The van der Waals surface area contributed by atoms with E-state index in [4.69, 9.17) is 0 Å². The van der Waals surface area contributed by atoms with Crippen molar-refractivity contribution in [3.8, 4) is 0 Å². The molecular weight excluding hydrogens is 364 g/mol. The highest BCUT2D eigenvalue weighted by Crippen LogP contribution is 2.07. The topological polar surface area (TPSA) is 87.3 Å². The highest BCUT2D eigenvalue weighted by Gasteiger charge is 2.14. The van der Waals surface area contributed by atoms with Crippen molar-refractivity contribution in [3.05, 3.63) is 16.6 Å². The van der Waals surface area contributed by atoms with Crippen LogP contribution < -0.4 is 5.32 Å². The van der Waals surface area contributed by atoms with Gasteiger partial charge in [0.1, 0.15) is 17.0 Å². The van der Waals surface area contributed by atoms with Crippen molar-refractivity contribution < 1.29 is 14.3 Å². The lowest BCUT2D eigenvalue weighted by Gasteiger charge is -2.19. The Bertz CT molecular complexity index is 438. The van der Waals surface area contributed by atoms with Gasteiger partial charge in [-0.3, -0.25) is 4.79 Å². The third-order valence-electron chi connectivity index (χ3n) is 2.24. The summed E-state index contributed by atoms with van der Waals surface area (Å²) in [6.07, 6.45) is 2.25. The van der Waals surface area contributed by atoms with Gasteiger partial charge in [-0.25, -0.2) is 9.78 Å². The lowest BCUT2D eigenvalue weighted by Crippen LogP contribution is -2.39. The van der Waals surface area contributed by atoms with Crippen LogP contribution in [-0.4, -0.2) is 47.1 Å². The third kappa shape index (κ3) is 11.6. The van der Waals surface area contributed by atoms with Crippen LogP contribution in [0, 0.1) is 0 Å². The van der Waals surface area contributed by atoms with Gasteiger partial charge in [-0.2, -0.15) is 0 Å². The van der Waals surface area contributed by atoms with Gasteiger partial charge in [-0.1, -0.05) is 34.1 Å². The summed E-state index contributed by atoms with van der Waals surface area (Å²) in [4.78, 5) is 31.3.